The van der Waals surface area contributed by atoms with Crippen molar-refractivity contribution in [3.63, 3.8) is 0 Å². The van der Waals surface area contributed by atoms with E-state index in [1.807, 2.05) is 36.4 Å². The SMILES string of the molecule is Nc1cccc2c1CCCN2CCOc1ccccc1Cl. The molecule has 1 aliphatic heterocycles. The summed E-state index contributed by atoms with van der Waals surface area (Å²) in [5.41, 5.74) is 9.47. The Morgan fingerprint density at radius 1 is 1.14 bits per heavy atom. The summed E-state index contributed by atoms with van der Waals surface area (Å²) in [4.78, 5) is 2.34. The Balaban J connectivity index is 1.65. The van der Waals surface area contributed by atoms with E-state index in [1.54, 1.807) is 0 Å². The number of hydrogen-bond acceptors (Lipinski definition) is 3. The van der Waals surface area contributed by atoms with Crippen molar-refractivity contribution in [2.45, 2.75) is 12.8 Å². The second-order valence-corrected chi connectivity index (χ2v) is 5.62. The molecule has 1 aliphatic rings. The fourth-order valence-corrected chi connectivity index (χ4v) is 2.98. The highest BCUT2D eigenvalue weighted by atomic mass is 35.5. The van der Waals surface area contributed by atoms with Gasteiger partial charge in [0.1, 0.15) is 12.4 Å². The largest absolute Gasteiger partial charge is 0.490 e. The molecule has 0 fully saturated rings. The molecular formula is C17H19ClN2O. The number of fused-ring (bicyclic) bond motifs is 1. The van der Waals surface area contributed by atoms with Crippen molar-refractivity contribution >= 4 is 23.0 Å². The van der Waals surface area contributed by atoms with Gasteiger partial charge < -0.3 is 15.4 Å². The van der Waals surface area contributed by atoms with Crippen molar-refractivity contribution in [2.75, 3.05) is 30.3 Å². The molecule has 0 amide bonds. The lowest BCUT2D eigenvalue weighted by atomic mass is 10.00. The quantitative estimate of drug-likeness (QED) is 0.874. The molecule has 0 aromatic heterocycles. The van der Waals surface area contributed by atoms with Gasteiger partial charge in [0.2, 0.25) is 0 Å². The summed E-state index contributed by atoms with van der Waals surface area (Å²) in [7, 11) is 0. The van der Waals surface area contributed by atoms with Crippen LogP contribution in [0.25, 0.3) is 0 Å². The summed E-state index contributed by atoms with van der Waals surface area (Å²) in [5.74, 6) is 0.740. The first-order valence-corrected chi connectivity index (χ1v) is 7.63. The second kappa shape index (κ2) is 6.27. The standard InChI is InChI=1S/C17H19ClN2O/c18-14-6-1-2-9-17(14)21-12-11-20-10-4-5-13-15(19)7-3-8-16(13)20/h1-3,6-9H,4-5,10-12,19H2. The predicted octanol–water partition coefficient (Wildman–Crippen LogP) is 3.75. The number of para-hydroxylation sites is 1. The number of halogens is 1. The van der Waals surface area contributed by atoms with Gasteiger partial charge in [0.15, 0.2) is 0 Å². The van der Waals surface area contributed by atoms with Crippen molar-refractivity contribution in [2.24, 2.45) is 0 Å². The minimum atomic E-state index is 0.609. The highest BCUT2D eigenvalue weighted by molar-refractivity contribution is 6.32. The molecule has 21 heavy (non-hydrogen) atoms. The van der Waals surface area contributed by atoms with Gasteiger partial charge in [0.25, 0.3) is 0 Å². The number of benzene rings is 2. The number of nitrogen functional groups attached to an aromatic ring is 1. The molecule has 2 N–H and O–H groups in total. The summed E-state index contributed by atoms with van der Waals surface area (Å²) in [6, 6.07) is 13.7. The fraction of sp³-hybridized carbons (Fsp3) is 0.294. The van der Waals surface area contributed by atoms with Gasteiger partial charge in [0.05, 0.1) is 11.6 Å². The molecule has 0 saturated heterocycles. The number of hydrogen-bond donors (Lipinski definition) is 1. The Morgan fingerprint density at radius 2 is 2.00 bits per heavy atom. The first-order valence-electron chi connectivity index (χ1n) is 7.25. The zero-order valence-electron chi connectivity index (χ0n) is 11.9. The van der Waals surface area contributed by atoms with Crippen LogP contribution in [0.3, 0.4) is 0 Å². The van der Waals surface area contributed by atoms with E-state index in [0.29, 0.717) is 11.6 Å². The first-order chi connectivity index (χ1) is 10.3. The molecule has 0 spiro atoms. The Morgan fingerprint density at radius 3 is 2.86 bits per heavy atom. The summed E-state index contributed by atoms with van der Waals surface area (Å²) >= 11 is 6.09. The molecular weight excluding hydrogens is 284 g/mol. The van der Waals surface area contributed by atoms with E-state index in [4.69, 9.17) is 22.1 Å². The van der Waals surface area contributed by atoms with Crippen LogP contribution in [0, 0.1) is 0 Å². The molecule has 0 bridgehead atoms. The lowest BCUT2D eigenvalue weighted by Gasteiger charge is -2.32. The Kier molecular flexibility index (Phi) is 4.20. The number of nitrogens with zero attached hydrogens (tertiary/aromatic N) is 1. The minimum Gasteiger partial charge on any atom is -0.490 e. The molecule has 110 valence electrons. The molecule has 0 atom stereocenters. The van der Waals surface area contributed by atoms with Crippen LogP contribution in [0.5, 0.6) is 5.75 Å². The molecule has 2 aromatic rings. The van der Waals surface area contributed by atoms with Crippen molar-refractivity contribution < 1.29 is 4.74 Å². The molecule has 2 aromatic carbocycles. The van der Waals surface area contributed by atoms with E-state index in [1.165, 1.54) is 11.3 Å². The summed E-state index contributed by atoms with van der Waals surface area (Å²) in [6.45, 7) is 2.49. The van der Waals surface area contributed by atoms with E-state index in [9.17, 15) is 0 Å². The number of nitrogens with two attached hydrogens (primary N) is 1. The van der Waals surface area contributed by atoms with Crippen LogP contribution in [0.4, 0.5) is 11.4 Å². The third kappa shape index (κ3) is 3.08. The molecule has 4 heteroatoms. The predicted molar refractivity (Wildman–Crippen MR) is 88.3 cm³/mol. The van der Waals surface area contributed by atoms with E-state index in [0.717, 1.165) is 37.4 Å². The molecule has 0 saturated carbocycles. The number of anilines is 2. The van der Waals surface area contributed by atoms with Gasteiger partial charge in [-0.05, 0) is 42.7 Å². The molecule has 0 radical (unpaired) electrons. The Bertz CT molecular complexity index is 630. The first kappa shape index (κ1) is 14.1. The van der Waals surface area contributed by atoms with E-state index in [2.05, 4.69) is 11.0 Å². The molecule has 1 heterocycles. The van der Waals surface area contributed by atoms with Crippen LogP contribution in [0.1, 0.15) is 12.0 Å². The molecule has 0 unspecified atom stereocenters. The lowest BCUT2D eigenvalue weighted by Crippen LogP contribution is -2.33. The molecule has 3 nitrogen and oxygen atoms in total. The van der Waals surface area contributed by atoms with Gasteiger partial charge in [-0.15, -0.1) is 0 Å². The number of ether oxygens (including phenoxy) is 1. The summed E-state index contributed by atoms with van der Waals surface area (Å²) in [5, 5.41) is 0.654. The smallest absolute Gasteiger partial charge is 0.137 e. The third-order valence-corrected chi connectivity index (χ3v) is 4.15. The van der Waals surface area contributed by atoms with Crippen LogP contribution in [-0.4, -0.2) is 19.7 Å². The van der Waals surface area contributed by atoms with Crippen LogP contribution >= 0.6 is 11.6 Å². The normalized spacial score (nSPS) is 13.9. The van der Waals surface area contributed by atoms with Gasteiger partial charge in [-0.3, -0.25) is 0 Å². The van der Waals surface area contributed by atoms with Crippen molar-refractivity contribution in [1.29, 1.82) is 0 Å². The van der Waals surface area contributed by atoms with Crippen LogP contribution in [0.15, 0.2) is 42.5 Å². The van der Waals surface area contributed by atoms with Gasteiger partial charge >= 0.3 is 0 Å². The maximum atomic E-state index is 6.09. The highest BCUT2D eigenvalue weighted by Gasteiger charge is 2.18. The van der Waals surface area contributed by atoms with E-state index < -0.39 is 0 Å². The molecule has 0 aliphatic carbocycles. The van der Waals surface area contributed by atoms with Gasteiger partial charge in [-0.25, -0.2) is 0 Å². The third-order valence-electron chi connectivity index (χ3n) is 3.84. The minimum absolute atomic E-state index is 0.609. The summed E-state index contributed by atoms with van der Waals surface area (Å²) in [6.07, 6.45) is 2.19. The van der Waals surface area contributed by atoms with E-state index >= 15 is 0 Å². The average Bonchev–Trinajstić information content (AvgIpc) is 2.50. The highest BCUT2D eigenvalue weighted by Crippen LogP contribution is 2.31. The van der Waals surface area contributed by atoms with Gasteiger partial charge in [0, 0.05) is 17.9 Å². The van der Waals surface area contributed by atoms with Crippen molar-refractivity contribution in [3.05, 3.63) is 53.1 Å². The zero-order valence-corrected chi connectivity index (χ0v) is 12.6. The van der Waals surface area contributed by atoms with Gasteiger partial charge in [-0.1, -0.05) is 29.8 Å². The maximum Gasteiger partial charge on any atom is 0.137 e. The monoisotopic (exact) mass is 302 g/mol. The zero-order chi connectivity index (χ0) is 14.7. The topological polar surface area (TPSA) is 38.5 Å². The van der Waals surface area contributed by atoms with Crippen LogP contribution < -0.4 is 15.4 Å². The second-order valence-electron chi connectivity index (χ2n) is 5.21. The Labute approximate surface area is 130 Å². The van der Waals surface area contributed by atoms with E-state index in [-0.39, 0.29) is 0 Å². The van der Waals surface area contributed by atoms with Crippen LogP contribution in [0.2, 0.25) is 5.02 Å². The summed E-state index contributed by atoms with van der Waals surface area (Å²) < 4.78 is 5.78. The Hall–Kier alpha value is -1.87. The maximum absolute atomic E-state index is 6.09. The average molecular weight is 303 g/mol. The van der Waals surface area contributed by atoms with Crippen molar-refractivity contribution in [3.8, 4) is 5.75 Å². The van der Waals surface area contributed by atoms with Crippen molar-refractivity contribution in [1.82, 2.24) is 0 Å². The fourth-order valence-electron chi connectivity index (χ4n) is 2.79. The van der Waals surface area contributed by atoms with Gasteiger partial charge in [-0.2, -0.15) is 0 Å². The number of rotatable bonds is 4. The molecule has 3 rings (SSSR count). The van der Waals surface area contributed by atoms with Crippen LogP contribution in [-0.2, 0) is 6.42 Å². The lowest BCUT2D eigenvalue weighted by molar-refractivity contribution is 0.323.